The van der Waals surface area contributed by atoms with E-state index in [0.29, 0.717) is 11.4 Å². The van der Waals surface area contributed by atoms with Crippen molar-refractivity contribution in [3.8, 4) is 11.1 Å². The van der Waals surface area contributed by atoms with Crippen LogP contribution < -0.4 is 5.73 Å². The number of aryl methyl sites for hydroxylation is 1. The molecule has 2 aromatic carbocycles. The standard InChI is InChI=1S/C25H23ClN4O/c1-30-23(31)25(29-24(30)27)20(12-16-4-3-11-28-15-16)10-9-17-7-8-19(14-22(17)25)18-5-2-6-21(26)13-18/h2-8,11,13-15,20H,9-10,12H2,1H3,(H2,27,29). The van der Waals surface area contributed by atoms with E-state index in [4.69, 9.17) is 22.3 Å². The summed E-state index contributed by atoms with van der Waals surface area (Å²) >= 11 is 6.23. The fraction of sp³-hybridized carbons (Fsp3) is 0.240. The van der Waals surface area contributed by atoms with Crippen molar-refractivity contribution < 1.29 is 4.79 Å². The van der Waals surface area contributed by atoms with Gasteiger partial charge >= 0.3 is 0 Å². The number of carbonyl (C=O) groups is 1. The number of nitrogens with zero attached hydrogens (tertiary/aromatic N) is 3. The van der Waals surface area contributed by atoms with E-state index < -0.39 is 5.54 Å². The fourth-order valence-electron chi connectivity index (χ4n) is 4.91. The van der Waals surface area contributed by atoms with E-state index >= 15 is 0 Å². The number of aromatic nitrogens is 1. The van der Waals surface area contributed by atoms with E-state index in [9.17, 15) is 4.79 Å². The van der Waals surface area contributed by atoms with Gasteiger partial charge in [0.2, 0.25) is 0 Å². The molecule has 0 saturated carbocycles. The average molecular weight is 431 g/mol. The molecular formula is C25H23ClN4O. The normalized spacial score (nSPS) is 22.5. The molecule has 0 bridgehead atoms. The number of benzene rings is 2. The van der Waals surface area contributed by atoms with Crippen LogP contribution in [0.5, 0.6) is 0 Å². The number of hydrogen-bond donors (Lipinski definition) is 1. The van der Waals surface area contributed by atoms with Crippen molar-refractivity contribution in [2.24, 2.45) is 16.6 Å². The van der Waals surface area contributed by atoms with E-state index in [1.165, 1.54) is 4.90 Å². The van der Waals surface area contributed by atoms with Gasteiger partial charge in [-0.1, -0.05) is 41.9 Å². The van der Waals surface area contributed by atoms with E-state index in [0.717, 1.165) is 40.7 Å². The third-order valence-electron chi connectivity index (χ3n) is 6.50. The number of likely N-dealkylation sites (N-methyl/N-ethyl adjacent to an activating group) is 1. The van der Waals surface area contributed by atoms with Crippen LogP contribution in [0.3, 0.4) is 0 Å². The summed E-state index contributed by atoms with van der Waals surface area (Å²) in [6.45, 7) is 0. The highest BCUT2D eigenvalue weighted by molar-refractivity contribution is 6.30. The Morgan fingerprint density at radius 3 is 2.71 bits per heavy atom. The minimum absolute atomic E-state index is 0.00480. The zero-order chi connectivity index (χ0) is 21.6. The van der Waals surface area contributed by atoms with Gasteiger partial charge in [-0.2, -0.15) is 0 Å². The lowest BCUT2D eigenvalue weighted by atomic mass is 9.66. The molecule has 3 aromatic rings. The highest BCUT2D eigenvalue weighted by Gasteiger charge is 2.55. The van der Waals surface area contributed by atoms with Crippen LogP contribution in [-0.2, 0) is 23.2 Å². The molecule has 0 radical (unpaired) electrons. The monoisotopic (exact) mass is 430 g/mol. The Balaban J connectivity index is 1.67. The lowest BCUT2D eigenvalue weighted by molar-refractivity contribution is -0.133. The van der Waals surface area contributed by atoms with E-state index in [1.807, 2.05) is 36.5 Å². The molecule has 156 valence electrons. The number of hydrogen-bond acceptors (Lipinski definition) is 4. The summed E-state index contributed by atoms with van der Waals surface area (Å²) in [5, 5.41) is 0.679. The molecule has 0 fully saturated rings. The highest BCUT2D eigenvalue weighted by atomic mass is 35.5. The van der Waals surface area contributed by atoms with Crippen LogP contribution in [0.2, 0.25) is 5.02 Å². The Labute approximate surface area is 186 Å². The molecule has 2 heterocycles. The Hall–Kier alpha value is -3.18. The number of guanidine groups is 1. The molecule has 1 spiro atoms. The Kier molecular flexibility index (Phi) is 4.78. The zero-order valence-corrected chi connectivity index (χ0v) is 18.0. The molecule has 2 N–H and O–H groups in total. The van der Waals surface area contributed by atoms with Crippen molar-refractivity contribution in [3.05, 3.63) is 88.7 Å². The van der Waals surface area contributed by atoms with E-state index in [2.05, 4.69) is 29.2 Å². The molecule has 2 unspecified atom stereocenters. The number of pyridine rings is 1. The minimum atomic E-state index is -1.02. The van der Waals surface area contributed by atoms with Crippen molar-refractivity contribution in [2.75, 3.05) is 7.05 Å². The van der Waals surface area contributed by atoms with Gasteiger partial charge in [0, 0.05) is 30.4 Å². The molecule has 6 heteroatoms. The van der Waals surface area contributed by atoms with Gasteiger partial charge in [0.1, 0.15) is 0 Å². The van der Waals surface area contributed by atoms with Crippen molar-refractivity contribution in [2.45, 2.75) is 24.8 Å². The van der Waals surface area contributed by atoms with Gasteiger partial charge < -0.3 is 5.73 Å². The fourth-order valence-corrected chi connectivity index (χ4v) is 5.10. The molecule has 1 aromatic heterocycles. The number of rotatable bonds is 3. The number of fused-ring (bicyclic) bond motifs is 2. The molecular weight excluding hydrogens is 408 g/mol. The summed E-state index contributed by atoms with van der Waals surface area (Å²) in [6, 6.07) is 18.0. The maximum atomic E-state index is 13.7. The number of halogens is 1. The second-order valence-corrected chi connectivity index (χ2v) is 8.72. The summed E-state index contributed by atoms with van der Waals surface area (Å²) < 4.78 is 0. The first-order valence-electron chi connectivity index (χ1n) is 10.4. The third kappa shape index (κ3) is 3.20. The largest absolute Gasteiger partial charge is 0.369 e. The lowest BCUT2D eigenvalue weighted by Crippen LogP contribution is -2.48. The van der Waals surface area contributed by atoms with Crippen LogP contribution in [-0.4, -0.2) is 28.8 Å². The van der Waals surface area contributed by atoms with Crippen LogP contribution in [0.1, 0.15) is 23.1 Å². The lowest BCUT2D eigenvalue weighted by Gasteiger charge is -2.39. The number of aliphatic imine (C=N–C) groups is 1. The predicted molar refractivity (Wildman–Crippen MR) is 123 cm³/mol. The zero-order valence-electron chi connectivity index (χ0n) is 17.3. The maximum Gasteiger partial charge on any atom is 0.261 e. The summed E-state index contributed by atoms with van der Waals surface area (Å²) in [6.07, 6.45) is 6.09. The van der Waals surface area contributed by atoms with Crippen LogP contribution in [0, 0.1) is 5.92 Å². The molecule has 31 heavy (non-hydrogen) atoms. The molecule has 1 amide bonds. The van der Waals surface area contributed by atoms with Gasteiger partial charge in [0.15, 0.2) is 11.5 Å². The van der Waals surface area contributed by atoms with Crippen LogP contribution >= 0.6 is 11.6 Å². The first-order valence-corrected chi connectivity index (χ1v) is 10.8. The predicted octanol–water partition coefficient (Wildman–Crippen LogP) is 4.19. The SMILES string of the molecule is CN1C(=O)C2(N=C1N)c1cc(-c3cccc(Cl)c3)ccc1CCC2Cc1cccnc1. The summed E-state index contributed by atoms with van der Waals surface area (Å²) in [7, 11) is 1.70. The third-order valence-corrected chi connectivity index (χ3v) is 6.74. The first kappa shape index (κ1) is 19.8. The van der Waals surface area contributed by atoms with E-state index in [-0.39, 0.29) is 17.8 Å². The van der Waals surface area contributed by atoms with Crippen molar-refractivity contribution >= 4 is 23.5 Å². The number of carbonyl (C=O) groups excluding carboxylic acids is 1. The van der Waals surface area contributed by atoms with Crippen molar-refractivity contribution in [1.82, 2.24) is 9.88 Å². The summed E-state index contributed by atoms with van der Waals surface area (Å²) in [5.41, 5.74) is 10.4. The van der Waals surface area contributed by atoms with Crippen LogP contribution in [0.25, 0.3) is 11.1 Å². The molecule has 5 nitrogen and oxygen atoms in total. The molecule has 2 aliphatic rings. The summed E-state index contributed by atoms with van der Waals surface area (Å²) in [5.74, 6) is 0.195. The number of amides is 1. The van der Waals surface area contributed by atoms with Crippen molar-refractivity contribution in [1.29, 1.82) is 0 Å². The second kappa shape index (κ2) is 7.50. The van der Waals surface area contributed by atoms with Crippen molar-refractivity contribution in [3.63, 3.8) is 0 Å². The van der Waals surface area contributed by atoms with Gasteiger partial charge in [-0.15, -0.1) is 0 Å². The molecule has 0 saturated heterocycles. The first-order chi connectivity index (χ1) is 15.0. The number of nitrogens with two attached hydrogens (primary N) is 1. The van der Waals surface area contributed by atoms with Gasteiger partial charge in [-0.25, -0.2) is 4.99 Å². The van der Waals surface area contributed by atoms with Crippen LogP contribution in [0.15, 0.2) is 72.0 Å². The van der Waals surface area contributed by atoms with Gasteiger partial charge in [-0.3, -0.25) is 14.7 Å². The molecule has 5 rings (SSSR count). The van der Waals surface area contributed by atoms with Gasteiger partial charge in [-0.05, 0) is 71.3 Å². The maximum absolute atomic E-state index is 13.7. The Morgan fingerprint density at radius 2 is 2.00 bits per heavy atom. The quantitative estimate of drug-likeness (QED) is 0.677. The average Bonchev–Trinajstić information content (AvgIpc) is 3.01. The second-order valence-electron chi connectivity index (χ2n) is 8.28. The smallest absolute Gasteiger partial charge is 0.261 e. The van der Waals surface area contributed by atoms with Gasteiger partial charge in [0.25, 0.3) is 5.91 Å². The van der Waals surface area contributed by atoms with Crippen LogP contribution in [0.4, 0.5) is 0 Å². The van der Waals surface area contributed by atoms with E-state index in [1.54, 1.807) is 13.2 Å². The van der Waals surface area contributed by atoms with Gasteiger partial charge in [0.05, 0.1) is 0 Å². The molecule has 2 atom stereocenters. The topological polar surface area (TPSA) is 71.6 Å². The highest BCUT2D eigenvalue weighted by Crippen LogP contribution is 2.48. The minimum Gasteiger partial charge on any atom is -0.369 e. The Bertz CT molecular complexity index is 1190. The summed E-state index contributed by atoms with van der Waals surface area (Å²) in [4.78, 5) is 24.2. The Morgan fingerprint density at radius 1 is 1.16 bits per heavy atom. The molecule has 1 aliphatic heterocycles. The molecule has 1 aliphatic carbocycles.